The number of quaternary nitrogens is 1. The van der Waals surface area contributed by atoms with Gasteiger partial charge < -0.3 is 9.64 Å². The Kier molecular flexibility index (Phi) is 5.24. The van der Waals surface area contributed by atoms with Crippen molar-refractivity contribution in [1.29, 1.82) is 0 Å². The first kappa shape index (κ1) is 16.4. The summed E-state index contributed by atoms with van der Waals surface area (Å²) >= 11 is 0. The van der Waals surface area contributed by atoms with E-state index in [1.54, 1.807) is 0 Å². The van der Waals surface area contributed by atoms with Gasteiger partial charge in [-0.15, -0.1) is 0 Å². The topological polar surface area (TPSA) is 27.6 Å². The van der Waals surface area contributed by atoms with Crippen molar-refractivity contribution in [3.8, 4) is 0 Å². The molecule has 2 N–H and O–H groups in total. The van der Waals surface area contributed by atoms with Gasteiger partial charge in [-0.05, 0) is 39.5 Å². The summed E-state index contributed by atoms with van der Waals surface area (Å²) in [6, 6.07) is 0.727. The summed E-state index contributed by atoms with van der Waals surface area (Å²) in [5.74, 6) is 0. The summed E-state index contributed by atoms with van der Waals surface area (Å²) < 4.78 is 6.02. The van der Waals surface area contributed by atoms with E-state index in [1.807, 2.05) is 4.90 Å². The highest BCUT2D eigenvalue weighted by molar-refractivity contribution is 5.60. The fourth-order valence-electron chi connectivity index (χ4n) is 4.96. The number of ether oxygens (including phenoxy) is 1. The lowest BCUT2D eigenvalue weighted by atomic mass is 9.74. The van der Waals surface area contributed by atoms with Gasteiger partial charge in [0.05, 0.1) is 25.2 Å². The van der Waals surface area contributed by atoms with E-state index < -0.39 is 0 Å². The van der Waals surface area contributed by atoms with Crippen LogP contribution < -0.4 is 9.89 Å². The van der Waals surface area contributed by atoms with Gasteiger partial charge >= 0.3 is 0 Å². The summed E-state index contributed by atoms with van der Waals surface area (Å²) in [6.45, 7) is 9.52. The predicted molar refractivity (Wildman–Crippen MR) is 90.4 cm³/mol. The van der Waals surface area contributed by atoms with Crippen LogP contribution in [0.4, 0.5) is 0 Å². The molecule has 1 saturated carbocycles. The standard InChI is InChI=1S/C19H34N2O/c1-18(2)14-19(10-13-22-18,16-21-11-6-7-12-21)15-20-17-8-4-3-5-9-17/h15,17H,3-14,16H2,1-2H3/p+2/t19-/m1/s1. The Balaban J connectivity index is 1.70. The van der Waals surface area contributed by atoms with Crippen LogP contribution in [0.2, 0.25) is 0 Å². The predicted octanol–water partition coefficient (Wildman–Crippen LogP) is 0.725. The third-order valence-electron chi connectivity index (χ3n) is 6.01. The molecule has 3 heteroatoms. The molecule has 2 saturated heterocycles. The molecule has 0 aromatic rings. The average molecular weight is 309 g/mol. The largest absolute Gasteiger partial charge is 0.375 e. The maximum atomic E-state index is 6.02. The summed E-state index contributed by atoms with van der Waals surface area (Å²) in [5.41, 5.74) is 0.362. The van der Waals surface area contributed by atoms with Gasteiger partial charge in [0.1, 0.15) is 17.7 Å². The zero-order valence-corrected chi connectivity index (χ0v) is 14.8. The monoisotopic (exact) mass is 308 g/mol. The fraction of sp³-hybridized carbons (Fsp3) is 0.947. The molecule has 0 spiro atoms. The summed E-state index contributed by atoms with van der Waals surface area (Å²) in [7, 11) is 0. The molecule has 1 aliphatic carbocycles. The van der Waals surface area contributed by atoms with Crippen LogP contribution in [0.3, 0.4) is 0 Å². The first-order valence-electron chi connectivity index (χ1n) is 9.65. The Morgan fingerprint density at radius 2 is 1.82 bits per heavy atom. The van der Waals surface area contributed by atoms with E-state index in [9.17, 15) is 0 Å². The van der Waals surface area contributed by atoms with Crippen molar-refractivity contribution in [1.82, 2.24) is 0 Å². The quantitative estimate of drug-likeness (QED) is 0.736. The van der Waals surface area contributed by atoms with Gasteiger partial charge in [-0.1, -0.05) is 6.42 Å². The van der Waals surface area contributed by atoms with Gasteiger partial charge in [0, 0.05) is 32.3 Å². The van der Waals surface area contributed by atoms with E-state index in [0.29, 0.717) is 5.41 Å². The van der Waals surface area contributed by atoms with Crippen LogP contribution in [0, 0.1) is 5.41 Å². The molecule has 2 aliphatic heterocycles. The molecule has 3 aliphatic rings. The molecule has 126 valence electrons. The van der Waals surface area contributed by atoms with Gasteiger partial charge in [-0.2, -0.15) is 0 Å². The first-order chi connectivity index (χ1) is 10.6. The van der Waals surface area contributed by atoms with E-state index in [-0.39, 0.29) is 5.60 Å². The van der Waals surface area contributed by atoms with Gasteiger partial charge in [0.15, 0.2) is 0 Å². The van der Waals surface area contributed by atoms with Crippen LogP contribution in [0.5, 0.6) is 0 Å². The minimum Gasteiger partial charge on any atom is -0.375 e. The Labute approximate surface area is 136 Å². The van der Waals surface area contributed by atoms with E-state index in [2.05, 4.69) is 25.1 Å². The van der Waals surface area contributed by atoms with Gasteiger partial charge in [-0.25, -0.2) is 4.99 Å². The third-order valence-corrected chi connectivity index (χ3v) is 6.01. The van der Waals surface area contributed by atoms with Crippen molar-refractivity contribution in [2.45, 2.75) is 83.3 Å². The normalized spacial score (nSPS) is 34.5. The average Bonchev–Trinajstić information content (AvgIpc) is 2.98. The number of likely N-dealkylation sites (tertiary alicyclic amines) is 1. The molecule has 1 atom stereocenters. The lowest BCUT2D eigenvalue weighted by Crippen LogP contribution is -3.11. The summed E-state index contributed by atoms with van der Waals surface area (Å²) in [5, 5.41) is 0. The number of nitrogens with one attached hydrogen (secondary N) is 2. The van der Waals surface area contributed by atoms with Crippen molar-refractivity contribution >= 4 is 6.21 Å². The lowest BCUT2D eigenvalue weighted by Gasteiger charge is -2.41. The molecule has 0 unspecified atom stereocenters. The first-order valence-corrected chi connectivity index (χ1v) is 9.65. The SMILES string of the molecule is CC1(C)C[C@](C=[NH+]C2CCCCC2)(C[NH+]2CCCC2)CCO1. The second kappa shape index (κ2) is 7.00. The van der Waals surface area contributed by atoms with Gasteiger partial charge in [-0.3, -0.25) is 0 Å². The molecule has 3 rings (SSSR count). The molecule has 0 radical (unpaired) electrons. The Morgan fingerprint density at radius 1 is 1.09 bits per heavy atom. The second-order valence-electron chi connectivity index (χ2n) is 8.68. The van der Waals surface area contributed by atoms with Crippen LogP contribution in [-0.4, -0.2) is 44.1 Å². The van der Waals surface area contributed by atoms with Gasteiger partial charge in [0.2, 0.25) is 0 Å². The highest BCUT2D eigenvalue weighted by atomic mass is 16.5. The van der Waals surface area contributed by atoms with Crippen molar-refractivity contribution in [2.24, 2.45) is 5.41 Å². The molecule has 3 fully saturated rings. The van der Waals surface area contributed by atoms with E-state index >= 15 is 0 Å². The fourth-order valence-corrected chi connectivity index (χ4v) is 4.96. The minimum absolute atomic E-state index is 0.0299. The van der Waals surface area contributed by atoms with Crippen molar-refractivity contribution < 1.29 is 14.6 Å². The zero-order chi connectivity index (χ0) is 15.5. The Morgan fingerprint density at radius 3 is 2.50 bits per heavy atom. The summed E-state index contributed by atoms with van der Waals surface area (Å²) in [6.07, 6.45) is 14.7. The van der Waals surface area contributed by atoms with Crippen molar-refractivity contribution in [3.05, 3.63) is 0 Å². The third kappa shape index (κ3) is 4.32. The van der Waals surface area contributed by atoms with Crippen molar-refractivity contribution in [2.75, 3.05) is 26.2 Å². The molecular weight excluding hydrogens is 272 g/mol. The van der Waals surface area contributed by atoms with E-state index in [4.69, 9.17) is 4.74 Å². The lowest BCUT2D eigenvalue weighted by molar-refractivity contribution is -0.893. The number of hydrogen-bond acceptors (Lipinski definition) is 1. The van der Waals surface area contributed by atoms with Crippen LogP contribution in [0.25, 0.3) is 0 Å². The molecule has 0 bridgehead atoms. The second-order valence-corrected chi connectivity index (χ2v) is 8.68. The molecule has 2 heterocycles. The van der Waals surface area contributed by atoms with Crippen LogP contribution in [0.15, 0.2) is 0 Å². The maximum Gasteiger partial charge on any atom is 0.150 e. The van der Waals surface area contributed by atoms with Crippen LogP contribution in [-0.2, 0) is 4.74 Å². The summed E-state index contributed by atoms with van der Waals surface area (Å²) in [4.78, 5) is 5.67. The smallest absolute Gasteiger partial charge is 0.150 e. The Bertz CT molecular complexity index is 381. The molecule has 22 heavy (non-hydrogen) atoms. The number of hydrogen-bond donors (Lipinski definition) is 2. The highest BCUT2D eigenvalue weighted by Crippen LogP contribution is 2.36. The molecular formula is C19H36N2O+2. The Hall–Kier alpha value is -0.410. The van der Waals surface area contributed by atoms with Crippen molar-refractivity contribution in [3.63, 3.8) is 0 Å². The number of rotatable bonds is 4. The molecule has 0 aromatic carbocycles. The minimum atomic E-state index is 0.0299. The molecule has 3 nitrogen and oxygen atoms in total. The zero-order valence-electron chi connectivity index (χ0n) is 14.8. The van der Waals surface area contributed by atoms with Crippen LogP contribution >= 0.6 is 0 Å². The van der Waals surface area contributed by atoms with E-state index in [1.165, 1.54) is 77.4 Å². The molecule has 0 amide bonds. The van der Waals surface area contributed by atoms with Crippen LogP contribution in [0.1, 0.15) is 71.6 Å². The van der Waals surface area contributed by atoms with E-state index in [0.717, 1.165) is 12.6 Å². The molecule has 0 aromatic heterocycles. The maximum absolute atomic E-state index is 6.02. The van der Waals surface area contributed by atoms with Gasteiger partial charge in [0.25, 0.3) is 0 Å². The highest BCUT2D eigenvalue weighted by Gasteiger charge is 2.45.